The molecule has 0 saturated carbocycles. The highest BCUT2D eigenvalue weighted by atomic mass is 16.5. The predicted molar refractivity (Wildman–Crippen MR) is 69.7 cm³/mol. The third-order valence-electron chi connectivity index (χ3n) is 3.43. The van der Waals surface area contributed by atoms with Gasteiger partial charge in [-0.15, -0.1) is 0 Å². The summed E-state index contributed by atoms with van der Waals surface area (Å²) in [6.45, 7) is 2.25. The van der Waals surface area contributed by atoms with Crippen LogP contribution >= 0.6 is 0 Å². The fourth-order valence-corrected chi connectivity index (χ4v) is 2.33. The summed E-state index contributed by atoms with van der Waals surface area (Å²) in [5, 5.41) is 3.44. The minimum absolute atomic E-state index is 0.608. The van der Waals surface area contributed by atoms with Crippen LogP contribution in [-0.2, 0) is 0 Å². The molecule has 1 aliphatic rings. The van der Waals surface area contributed by atoms with Gasteiger partial charge in [-0.2, -0.15) is 0 Å². The molecule has 1 fully saturated rings. The molecule has 0 aliphatic carbocycles. The minimum Gasteiger partial charge on any atom is -0.481 e. The van der Waals surface area contributed by atoms with E-state index in [1.54, 1.807) is 13.3 Å². The second-order valence-electron chi connectivity index (χ2n) is 4.50. The van der Waals surface area contributed by atoms with Crippen molar-refractivity contribution in [1.29, 1.82) is 0 Å². The Labute approximate surface area is 103 Å². The molecule has 1 aromatic heterocycles. The van der Waals surface area contributed by atoms with E-state index >= 15 is 0 Å². The minimum atomic E-state index is 0.608. The van der Waals surface area contributed by atoms with Crippen molar-refractivity contribution in [2.45, 2.75) is 25.3 Å². The number of nitrogens with one attached hydrogen (secondary N) is 1. The summed E-state index contributed by atoms with van der Waals surface area (Å²) in [6, 6.07) is 4.65. The van der Waals surface area contributed by atoms with Crippen LogP contribution in [0.25, 0.3) is 0 Å². The molecule has 1 unspecified atom stereocenters. The molecule has 1 aliphatic heterocycles. The number of pyridine rings is 1. The lowest BCUT2D eigenvalue weighted by Gasteiger charge is -2.29. The van der Waals surface area contributed by atoms with Gasteiger partial charge in [0.2, 0.25) is 5.88 Å². The van der Waals surface area contributed by atoms with E-state index in [9.17, 15) is 0 Å². The van der Waals surface area contributed by atoms with Crippen molar-refractivity contribution in [3.05, 3.63) is 18.3 Å². The topological polar surface area (TPSA) is 37.4 Å². The number of aromatic nitrogens is 1. The highest BCUT2D eigenvalue weighted by Gasteiger charge is 2.17. The summed E-state index contributed by atoms with van der Waals surface area (Å²) in [5.41, 5.74) is 1.18. The molecule has 1 saturated heterocycles. The number of hydrogen-bond donors (Lipinski definition) is 1. The quantitative estimate of drug-likeness (QED) is 0.864. The number of hydrogen-bond acceptors (Lipinski definition) is 4. The van der Waals surface area contributed by atoms with E-state index in [4.69, 9.17) is 4.74 Å². The molecule has 2 rings (SSSR count). The first kappa shape index (κ1) is 12.2. The summed E-state index contributed by atoms with van der Waals surface area (Å²) in [4.78, 5) is 6.49. The first-order valence-electron chi connectivity index (χ1n) is 6.25. The van der Waals surface area contributed by atoms with Gasteiger partial charge in [0.05, 0.1) is 7.11 Å². The molecule has 0 bridgehead atoms. The fraction of sp³-hybridized carbons (Fsp3) is 0.615. The Morgan fingerprint density at radius 3 is 3.12 bits per heavy atom. The molecule has 1 atom stereocenters. The molecular formula is C13H21N3O. The van der Waals surface area contributed by atoms with Crippen molar-refractivity contribution in [1.82, 2.24) is 10.3 Å². The lowest BCUT2D eigenvalue weighted by Crippen LogP contribution is -2.32. The van der Waals surface area contributed by atoms with Crippen LogP contribution in [0.1, 0.15) is 19.3 Å². The van der Waals surface area contributed by atoms with Gasteiger partial charge in [0.1, 0.15) is 0 Å². The zero-order valence-electron chi connectivity index (χ0n) is 10.6. The number of methoxy groups -OCH3 is 1. The van der Waals surface area contributed by atoms with Gasteiger partial charge in [-0.25, -0.2) is 4.98 Å². The summed E-state index contributed by atoms with van der Waals surface area (Å²) in [6.07, 6.45) is 5.49. The molecule has 94 valence electrons. The monoisotopic (exact) mass is 235 g/mol. The molecule has 1 N–H and O–H groups in total. The smallest absolute Gasteiger partial charge is 0.214 e. The van der Waals surface area contributed by atoms with Crippen molar-refractivity contribution >= 4 is 5.69 Å². The van der Waals surface area contributed by atoms with E-state index in [-0.39, 0.29) is 0 Å². The maximum Gasteiger partial charge on any atom is 0.214 e. The van der Waals surface area contributed by atoms with E-state index in [0.29, 0.717) is 11.9 Å². The highest BCUT2D eigenvalue weighted by Crippen LogP contribution is 2.22. The van der Waals surface area contributed by atoms with Crippen LogP contribution in [0.15, 0.2) is 18.3 Å². The van der Waals surface area contributed by atoms with E-state index < -0.39 is 0 Å². The summed E-state index contributed by atoms with van der Waals surface area (Å²) >= 11 is 0. The number of anilines is 1. The van der Waals surface area contributed by atoms with Crippen molar-refractivity contribution in [2.24, 2.45) is 0 Å². The Morgan fingerprint density at radius 1 is 1.41 bits per heavy atom. The van der Waals surface area contributed by atoms with Gasteiger partial charge in [-0.3, -0.25) is 0 Å². The van der Waals surface area contributed by atoms with Gasteiger partial charge in [-0.1, -0.05) is 0 Å². The van der Waals surface area contributed by atoms with Crippen molar-refractivity contribution in [2.75, 3.05) is 32.1 Å². The van der Waals surface area contributed by atoms with Crippen LogP contribution in [0.5, 0.6) is 5.88 Å². The Bertz CT molecular complexity index is 348. The van der Waals surface area contributed by atoms with Gasteiger partial charge < -0.3 is 15.0 Å². The summed E-state index contributed by atoms with van der Waals surface area (Å²) in [5.74, 6) is 0.682. The second-order valence-corrected chi connectivity index (χ2v) is 4.50. The maximum atomic E-state index is 5.17. The van der Waals surface area contributed by atoms with Crippen LogP contribution < -0.4 is 15.0 Å². The van der Waals surface area contributed by atoms with Crippen LogP contribution in [0.3, 0.4) is 0 Å². The summed E-state index contributed by atoms with van der Waals surface area (Å²) in [7, 11) is 3.81. The van der Waals surface area contributed by atoms with Crippen LogP contribution in [0, 0.1) is 0 Å². The number of ether oxygens (including phenoxy) is 1. The largest absolute Gasteiger partial charge is 0.481 e. The van der Waals surface area contributed by atoms with Crippen molar-refractivity contribution in [3.8, 4) is 5.88 Å². The van der Waals surface area contributed by atoms with Crippen LogP contribution in [0.2, 0.25) is 0 Å². The van der Waals surface area contributed by atoms with Crippen molar-refractivity contribution < 1.29 is 4.74 Å². The maximum absolute atomic E-state index is 5.17. The standard InChI is InChI=1S/C13H21N3O/c1-16(11-4-3-7-14-8-5-11)12-6-9-15-13(10-12)17-2/h6,9-11,14H,3-5,7-8H2,1-2H3. The van der Waals surface area contributed by atoms with E-state index in [1.807, 2.05) is 12.1 Å². The van der Waals surface area contributed by atoms with Gasteiger partial charge in [-0.05, 0) is 38.4 Å². The van der Waals surface area contributed by atoms with E-state index in [2.05, 4.69) is 22.2 Å². The molecule has 0 amide bonds. The van der Waals surface area contributed by atoms with Gasteiger partial charge >= 0.3 is 0 Å². The Hall–Kier alpha value is -1.29. The normalized spacial score (nSPS) is 20.7. The zero-order valence-corrected chi connectivity index (χ0v) is 10.6. The molecule has 2 heterocycles. The van der Waals surface area contributed by atoms with Crippen molar-refractivity contribution in [3.63, 3.8) is 0 Å². The lowest BCUT2D eigenvalue weighted by atomic mass is 10.1. The molecule has 0 spiro atoms. The van der Waals surface area contributed by atoms with Gasteiger partial charge in [0, 0.05) is 31.0 Å². The average Bonchev–Trinajstić information content (AvgIpc) is 2.67. The average molecular weight is 235 g/mol. The highest BCUT2D eigenvalue weighted by molar-refractivity contribution is 5.48. The van der Waals surface area contributed by atoms with Gasteiger partial charge in [0.25, 0.3) is 0 Å². The fourth-order valence-electron chi connectivity index (χ4n) is 2.33. The molecule has 4 nitrogen and oxygen atoms in total. The first-order valence-corrected chi connectivity index (χ1v) is 6.25. The molecule has 0 radical (unpaired) electrons. The second kappa shape index (κ2) is 5.87. The third kappa shape index (κ3) is 3.09. The Balaban J connectivity index is 2.08. The molecule has 1 aromatic rings. The van der Waals surface area contributed by atoms with Crippen LogP contribution in [-0.4, -0.2) is 38.3 Å². The first-order chi connectivity index (χ1) is 8.31. The molecule has 0 aromatic carbocycles. The number of rotatable bonds is 3. The molecule has 17 heavy (non-hydrogen) atoms. The Kier molecular flexibility index (Phi) is 4.20. The SMILES string of the molecule is COc1cc(N(C)C2CCCNCC2)ccn1. The zero-order chi connectivity index (χ0) is 12.1. The van der Waals surface area contributed by atoms with Gasteiger partial charge in [0.15, 0.2) is 0 Å². The van der Waals surface area contributed by atoms with Crippen LogP contribution in [0.4, 0.5) is 5.69 Å². The molecule has 4 heteroatoms. The molecular weight excluding hydrogens is 214 g/mol. The predicted octanol–water partition coefficient (Wildman–Crippen LogP) is 1.67. The lowest BCUT2D eigenvalue weighted by molar-refractivity contribution is 0.397. The third-order valence-corrected chi connectivity index (χ3v) is 3.43. The number of nitrogens with zero attached hydrogens (tertiary/aromatic N) is 2. The van der Waals surface area contributed by atoms with E-state index in [0.717, 1.165) is 13.1 Å². The summed E-state index contributed by atoms with van der Waals surface area (Å²) < 4.78 is 5.17. The van der Waals surface area contributed by atoms with E-state index in [1.165, 1.54) is 24.9 Å². The Morgan fingerprint density at radius 2 is 2.29 bits per heavy atom.